The molecule has 6 heteroatoms. The molecule has 0 spiro atoms. The third-order valence-electron chi connectivity index (χ3n) is 4.20. The molecule has 0 atom stereocenters. The molecule has 1 amide bonds. The van der Waals surface area contributed by atoms with Crippen LogP contribution in [0, 0.1) is 5.82 Å². The number of benzene rings is 2. The van der Waals surface area contributed by atoms with E-state index in [1.54, 1.807) is 29.2 Å². The summed E-state index contributed by atoms with van der Waals surface area (Å²) in [4.78, 5) is 16.4. The van der Waals surface area contributed by atoms with Gasteiger partial charge in [-0.15, -0.1) is 0 Å². The van der Waals surface area contributed by atoms with Gasteiger partial charge in [-0.3, -0.25) is 9.69 Å². The first-order valence-electron chi connectivity index (χ1n) is 7.78. The maximum Gasteiger partial charge on any atom is 0.257 e. The van der Waals surface area contributed by atoms with Crippen LogP contribution in [0.4, 0.5) is 4.39 Å². The van der Waals surface area contributed by atoms with E-state index in [2.05, 4.69) is 20.8 Å². The normalized spacial score (nSPS) is 15.5. The van der Waals surface area contributed by atoms with E-state index in [-0.39, 0.29) is 17.5 Å². The summed E-state index contributed by atoms with van der Waals surface area (Å²) in [6, 6.07) is 11.6. The minimum Gasteiger partial charge on any atom is -0.507 e. The number of aromatic hydroxyl groups is 1. The molecule has 2 aromatic carbocycles. The zero-order valence-corrected chi connectivity index (χ0v) is 14.7. The van der Waals surface area contributed by atoms with Crippen LogP contribution in [-0.4, -0.2) is 47.0 Å². The highest BCUT2D eigenvalue weighted by Gasteiger charge is 2.24. The van der Waals surface area contributed by atoms with E-state index in [9.17, 15) is 14.3 Å². The maximum atomic E-state index is 13.7. The van der Waals surface area contributed by atoms with Crippen LogP contribution in [0.25, 0.3) is 0 Å². The summed E-state index contributed by atoms with van der Waals surface area (Å²) < 4.78 is 14.5. The molecular formula is C18H18BrFN2O2. The molecule has 0 aliphatic carbocycles. The molecule has 1 heterocycles. The Balaban J connectivity index is 1.61. The molecule has 3 rings (SSSR count). The van der Waals surface area contributed by atoms with Crippen molar-refractivity contribution < 1.29 is 14.3 Å². The number of halogens is 2. The van der Waals surface area contributed by atoms with Gasteiger partial charge in [0.05, 0.1) is 5.56 Å². The number of carbonyl (C=O) groups excluding carboxylic acids is 1. The molecule has 1 fully saturated rings. The first-order valence-corrected chi connectivity index (χ1v) is 8.57. The summed E-state index contributed by atoms with van der Waals surface area (Å²) in [5, 5.41) is 9.89. The Morgan fingerprint density at radius 2 is 1.83 bits per heavy atom. The van der Waals surface area contributed by atoms with Gasteiger partial charge in [-0.2, -0.15) is 0 Å². The quantitative estimate of drug-likeness (QED) is 0.871. The molecule has 0 radical (unpaired) electrons. The zero-order valence-electron chi connectivity index (χ0n) is 13.1. The number of rotatable bonds is 3. The summed E-state index contributed by atoms with van der Waals surface area (Å²) >= 11 is 3.32. The summed E-state index contributed by atoms with van der Waals surface area (Å²) in [5.74, 6) is -0.397. The number of hydrogen-bond donors (Lipinski definition) is 1. The van der Waals surface area contributed by atoms with Crippen molar-refractivity contribution >= 4 is 21.8 Å². The number of hydrogen-bond acceptors (Lipinski definition) is 3. The third kappa shape index (κ3) is 3.76. The molecule has 126 valence electrons. The van der Waals surface area contributed by atoms with E-state index in [0.717, 1.165) is 4.47 Å². The van der Waals surface area contributed by atoms with Gasteiger partial charge in [0.2, 0.25) is 0 Å². The molecule has 1 N–H and O–H groups in total. The topological polar surface area (TPSA) is 43.8 Å². The number of carbonyl (C=O) groups is 1. The van der Waals surface area contributed by atoms with E-state index in [0.29, 0.717) is 43.9 Å². The van der Waals surface area contributed by atoms with E-state index >= 15 is 0 Å². The van der Waals surface area contributed by atoms with Crippen LogP contribution in [0.3, 0.4) is 0 Å². The lowest BCUT2D eigenvalue weighted by atomic mass is 10.1. The van der Waals surface area contributed by atoms with Crippen molar-refractivity contribution in [3.05, 3.63) is 63.9 Å². The Labute approximate surface area is 148 Å². The zero-order chi connectivity index (χ0) is 17.1. The Kier molecular flexibility index (Phi) is 5.16. The monoisotopic (exact) mass is 392 g/mol. The standard InChI is InChI=1S/C18H18BrFN2O2/c19-14-5-6-17(23)15(11-14)18(24)22-9-7-21(8-10-22)12-13-3-1-2-4-16(13)20/h1-6,11,23H,7-10,12H2. The first-order chi connectivity index (χ1) is 11.5. The number of piperazine rings is 1. The van der Waals surface area contributed by atoms with Crippen LogP contribution in [-0.2, 0) is 6.54 Å². The summed E-state index contributed by atoms with van der Waals surface area (Å²) in [5.41, 5.74) is 0.967. The van der Waals surface area contributed by atoms with E-state index in [4.69, 9.17) is 0 Å². The molecule has 24 heavy (non-hydrogen) atoms. The fraction of sp³-hybridized carbons (Fsp3) is 0.278. The lowest BCUT2D eigenvalue weighted by molar-refractivity contribution is 0.0624. The van der Waals surface area contributed by atoms with Crippen molar-refractivity contribution in [2.75, 3.05) is 26.2 Å². The minimum atomic E-state index is -0.199. The van der Waals surface area contributed by atoms with Gasteiger partial charge in [-0.05, 0) is 24.3 Å². The van der Waals surface area contributed by atoms with Gasteiger partial charge in [-0.25, -0.2) is 4.39 Å². The second-order valence-corrected chi connectivity index (χ2v) is 6.74. The van der Waals surface area contributed by atoms with Gasteiger partial charge in [0, 0.05) is 42.8 Å². The second kappa shape index (κ2) is 7.32. The fourth-order valence-electron chi connectivity index (χ4n) is 2.83. The van der Waals surface area contributed by atoms with Crippen molar-refractivity contribution in [3.63, 3.8) is 0 Å². The number of phenols is 1. The highest BCUT2D eigenvalue weighted by Crippen LogP contribution is 2.24. The first kappa shape index (κ1) is 16.9. The van der Waals surface area contributed by atoms with Crippen LogP contribution in [0.2, 0.25) is 0 Å². The Bertz CT molecular complexity index is 746. The van der Waals surface area contributed by atoms with Crippen LogP contribution in [0.1, 0.15) is 15.9 Å². The van der Waals surface area contributed by atoms with Crippen LogP contribution in [0.5, 0.6) is 5.75 Å². The SMILES string of the molecule is O=C(c1cc(Br)ccc1O)N1CCN(Cc2ccccc2F)CC1. The Hall–Kier alpha value is -1.92. The molecule has 0 bridgehead atoms. The van der Waals surface area contributed by atoms with Crippen molar-refractivity contribution in [1.29, 1.82) is 0 Å². The van der Waals surface area contributed by atoms with Crippen LogP contribution >= 0.6 is 15.9 Å². The molecule has 1 saturated heterocycles. The molecule has 4 nitrogen and oxygen atoms in total. The number of nitrogens with zero attached hydrogens (tertiary/aromatic N) is 2. The molecule has 1 aliphatic rings. The van der Waals surface area contributed by atoms with E-state index < -0.39 is 0 Å². The fourth-order valence-corrected chi connectivity index (χ4v) is 3.19. The molecule has 0 unspecified atom stereocenters. The molecule has 0 aromatic heterocycles. The molecular weight excluding hydrogens is 375 g/mol. The van der Waals surface area contributed by atoms with Gasteiger partial charge in [0.15, 0.2) is 0 Å². The van der Waals surface area contributed by atoms with Crippen molar-refractivity contribution in [2.45, 2.75) is 6.54 Å². The highest BCUT2D eigenvalue weighted by atomic mass is 79.9. The van der Waals surface area contributed by atoms with Gasteiger partial charge in [-0.1, -0.05) is 34.1 Å². The maximum absolute atomic E-state index is 13.7. The minimum absolute atomic E-state index is 0.0167. The largest absolute Gasteiger partial charge is 0.507 e. The van der Waals surface area contributed by atoms with Crippen molar-refractivity contribution in [2.24, 2.45) is 0 Å². The van der Waals surface area contributed by atoms with Gasteiger partial charge in [0.1, 0.15) is 11.6 Å². The predicted molar refractivity (Wildman–Crippen MR) is 93.4 cm³/mol. The molecule has 0 saturated carbocycles. The van der Waals surface area contributed by atoms with Crippen LogP contribution < -0.4 is 0 Å². The number of amides is 1. The molecule has 1 aliphatic heterocycles. The predicted octanol–water partition coefficient (Wildman–Crippen LogP) is 3.25. The van der Waals surface area contributed by atoms with Crippen LogP contribution in [0.15, 0.2) is 46.9 Å². The molecule has 2 aromatic rings. The summed E-state index contributed by atoms with van der Waals surface area (Å²) in [7, 11) is 0. The smallest absolute Gasteiger partial charge is 0.257 e. The second-order valence-electron chi connectivity index (χ2n) is 5.82. The third-order valence-corrected chi connectivity index (χ3v) is 4.69. The van der Waals surface area contributed by atoms with Crippen molar-refractivity contribution in [3.8, 4) is 5.75 Å². The average Bonchev–Trinajstić information content (AvgIpc) is 2.59. The Morgan fingerprint density at radius 3 is 2.54 bits per heavy atom. The Morgan fingerprint density at radius 1 is 1.12 bits per heavy atom. The van der Waals surface area contributed by atoms with E-state index in [1.807, 2.05) is 6.07 Å². The van der Waals surface area contributed by atoms with Gasteiger partial charge < -0.3 is 10.0 Å². The summed E-state index contributed by atoms with van der Waals surface area (Å²) in [6.45, 7) is 3.00. The lowest BCUT2D eigenvalue weighted by Gasteiger charge is -2.35. The number of phenolic OH excluding ortho intramolecular Hbond substituents is 1. The average molecular weight is 393 g/mol. The highest BCUT2D eigenvalue weighted by molar-refractivity contribution is 9.10. The van der Waals surface area contributed by atoms with Crippen molar-refractivity contribution in [1.82, 2.24) is 9.80 Å². The summed E-state index contributed by atoms with van der Waals surface area (Å²) in [6.07, 6.45) is 0. The van der Waals surface area contributed by atoms with Gasteiger partial charge in [0.25, 0.3) is 5.91 Å². The van der Waals surface area contributed by atoms with Gasteiger partial charge >= 0.3 is 0 Å². The van der Waals surface area contributed by atoms with E-state index in [1.165, 1.54) is 12.1 Å². The lowest BCUT2D eigenvalue weighted by Crippen LogP contribution is -2.48.